The molecule has 1 rings (SSSR count). The second kappa shape index (κ2) is 2.78. The maximum Gasteiger partial charge on any atom is 0.00422 e. The van der Waals surface area contributed by atoms with Gasteiger partial charge in [-0.25, -0.2) is 0 Å². The quantitative estimate of drug-likeness (QED) is 0.570. The molecule has 10 heavy (non-hydrogen) atoms. The van der Waals surface area contributed by atoms with E-state index in [9.17, 15) is 0 Å². The molecular formula is C8H14N2. The van der Waals surface area contributed by atoms with Crippen molar-refractivity contribution in [2.45, 2.75) is 19.3 Å². The van der Waals surface area contributed by atoms with Crippen molar-refractivity contribution in [2.24, 2.45) is 17.4 Å². The molecule has 1 aliphatic carbocycles. The Bertz CT molecular complexity index is 170. The van der Waals surface area contributed by atoms with Gasteiger partial charge in [0.2, 0.25) is 0 Å². The van der Waals surface area contributed by atoms with Crippen molar-refractivity contribution < 1.29 is 0 Å². The first-order valence-electron chi connectivity index (χ1n) is 3.59. The van der Waals surface area contributed by atoms with Gasteiger partial charge in [-0.2, -0.15) is 0 Å². The lowest BCUT2D eigenvalue weighted by atomic mass is 9.91. The topological polar surface area (TPSA) is 52.0 Å². The number of allylic oxidation sites excluding steroid dienone is 3. The largest absolute Gasteiger partial charge is 0.402 e. The first kappa shape index (κ1) is 7.19. The molecule has 0 fully saturated rings. The lowest BCUT2D eigenvalue weighted by Crippen LogP contribution is -2.15. The number of nitrogens with two attached hydrogens (primary N) is 2. The minimum Gasteiger partial charge on any atom is -0.402 e. The third-order valence-electron chi connectivity index (χ3n) is 1.97. The van der Waals surface area contributed by atoms with Crippen molar-refractivity contribution in [2.75, 3.05) is 0 Å². The van der Waals surface area contributed by atoms with E-state index < -0.39 is 0 Å². The van der Waals surface area contributed by atoms with Gasteiger partial charge in [0.1, 0.15) is 0 Å². The molecule has 1 atom stereocenters. The average molecular weight is 138 g/mol. The summed E-state index contributed by atoms with van der Waals surface area (Å²) in [5, 5.41) is 0. The van der Waals surface area contributed by atoms with Gasteiger partial charge in [0.05, 0.1) is 0 Å². The summed E-state index contributed by atoms with van der Waals surface area (Å²) in [6, 6.07) is 0. The molecule has 0 aromatic rings. The van der Waals surface area contributed by atoms with Crippen LogP contribution in [0.1, 0.15) is 19.3 Å². The monoisotopic (exact) mass is 138 g/mol. The molecule has 1 unspecified atom stereocenters. The van der Waals surface area contributed by atoms with Crippen molar-refractivity contribution >= 4 is 0 Å². The molecule has 0 heterocycles. The molecule has 0 aliphatic heterocycles. The Morgan fingerprint density at radius 3 is 2.80 bits per heavy atom. The van der Waals surface area contributed by atoms with E-state index in [4.69, 9.17) is 11.5 Å². The predicted octanol–water partition coefficient (Wildman–Crippen LogP) is 1.10. The minimum atomic E-state index is 0.465. The number of rotatable bonds is 1. The molecule has 0 aromatic heterocycles. The van der Waals surface area contributed by atoms with E-state index in [-0.39, 0.29) is 0 Å². The third kappa shape index (κ3) is 1.53. The molecule has 56 valence electrons. The van der Waals surface area contributed by atoms with Gasteiger partial charge in [0.15, 0.2) is 0 Å². The summed E-state index contributed by atoms with van der Waals surface area (Å²) in [6.45, 7) is 3.71. The average Bonchev–Trinajstić information content (AvgIpc) is 1.88. The van der Waals surface area contributed by atoms with Crippen LogP contribution in [0.15, 0.2) is 24.0 Å². The Hall–Kier alpha value is -0.920. The van der Waals surface area contributed by atoms with E-state index in [0.717, 1.165) is 30.7 Å². The van der Waals surface area contributed by atoms with Crippen molar-refractivity contribution in [1.82, 2.24) is 0 Å². The Labute approximate surface area is 61.6 Å². The van der Waals surface area contributed by atoms with Crippen LogP contribution in [0.3, 0.4) is 0 Å². The molecule has 0 amide bonds. The minimum absolute atomic E-state index is 0.465. The zero-order valence-electron chi connectivity index (χ0n) is 6.14. The third-order valence-corrected chi connectivity index (χ3v) is 1.97. The highest BCUT2D eigenvalue weighted by molar-refractivity contribution is 5.08. The van der Waals surface area contributed by atoms with Gasteiger partial charge in [-0.1, -0.05) is 12.7 Å². The summed E-state index contributed by atoms with van der Waals surface area (Å²) in [5.74, 6) is 0.465. The van der Waals surface area contributed by atoms with Crippen LogP contribution in [0.5, 0.6) is 0 Å². The number of hydrogen-bond acceptors (Lipinski definition) is 2. The van der Waals surface area contributed by atoms with Crippen LogP contribution < -0.4 is 11.5 Å². The van der Waals surface area contributed by atoms with E-state index >= 15 is 0 Å². The normalized spacial score (nSPS) is 25.6. The smallest absolute Gasteiger partial charge is 0.00422 e. The molecule has 0 saturated heterocycles. The van der Waals surface area contributed by atoms with Crippen LogP contribution in [-0.2, 0) is 0 Å². The fourth-order valence-corrected chi connectivity index (χ4v) is 1.19. The Morgan fingerprint density at radius 2 is 2.40 bits per heavy atom. The van der Waals surface area contributed by atoms with Gasteiger partial charge >= 0.3 is 0 Å². The van der Waals surface area contributed by atoms with Gasteiger partial charge in [0, 0.05) is 17.3 Å². The SMILES string of the molecule is C=C(N)C1CC=C(N)CC1. The molecule has 2 nitrogen and oxygen atoms in total. The molecule has 4 N–H and O–H groups in total. The van der Waals surface area contributed by atoms with Gasteiger partial charge < -0.3 is 11.5 Å². The first-order chi connectivity index (χ1) is 4.70. The molecule has 2 heteroatoms. The predicted molar refractivity (Wildman–Crippen MR) is 42.9 cm³/mol. The number of hydrogen-bond donors (Lipinski definition) is 2. The molecule has 0 aromatic carbocycles. The first-order valence-corrected chi connectivity index (χ1v) is 3.59. The summed E-state index contributed by atoms with van der Waals surface area (Å²) < 4.78 is 0. The lowest BCUT2D eigenvalue weighted by Gasteiger charge is -2.19. The summed E-state index contributed by atoms with van der Waals surface area (Å²) in [7, 11) is 0. The van der Waals surface area contributed by atoms with Crippen LogP contribution in [0, 0.1) is 5.92 Å². The highest BCUT2D eigenvalue weighted by atomic mass is 14.6. The van der Waals surface area contributed by atoms with Crippen LogP contribution in [-0.4, -0.2) is 0 Å². The van der Waals surface area contributed by atoms with Crippen molar-refractivity contribution in [3.8, 4) is 0 Å². The maximum atomic E-state index is 5.59. The van der Waals surface area contributed by atoms with Crippen LogP contribution in [0.2, 0.25) is 0 Å². The molecular weight excluding hydrogens is 124 g/mol. The van der Waals surface area contributed by atoms with Crippen LogP contribution in [0.4, 0.5) is 0 Å². The van der Waals surface area contributed by atoms with Crippen molar-refractivity contribution in [3.63, 3.8) is 0 Å². The second-order valence-electron chi connectivity index (χ2n) is 2.83. The Morgan fingerprint density at radius 1 is 1.70 bits per heavy atom. The van der Waals surface area contributed by atoms with E-state index in [0.29, 0.717) is 5.92 Å². The molecule has 0 bridgehead atoms. The van der Waals surface area contributed by atoms with Crippen LogP contribution in [0.25, 0.3) is 0 Å². The van der Waals surface area contributed by atoms with E-state index in [1.807, 2.05) is 6.08 Å². The van der Waals surface area contributed by atoms with E-state index in [1.165, 1.54) is 0 Å². The van der Waals surface area contributed by atoms with Gasteiger partial charge in [-0.3, -0.25) is 0 Å². The van der Waals surface area contributed by atoms with Crippen molar-refractivity contribution in [3.05, 3.63) is 24.0 Å². The summed E-state index contributed by atoms with van der Waals surface area (Å²) in [4.78, 5) is 0. The highest BCUT2D eigenvalue weighted by Gasteiger charge is 2.13. The lowest BCUT2D eigenvalue weighted by molar-refractivity contribution is 0.533. The molecule has 1 aliphatic rings. The van der Waals surface area contributed by atoms with Gasteiger partial charge in [0.25, 0.3) is 0 Å². The summed E-state index contributed by atoms with van der Waals surface area (Å²) >= 11 is 0. The molecule has 0 radical (unpaired) electrons. The van der Waals surface area contributed by atoms with Gasteiger partial charge in [-0.15, -0.1) is 0 Å². The van der Waals surface area contributed by atoms with E-state index in [1.54, 1.807) is 0 Å². The fraction of sp³-hybridized carbons (Fsp3) is 0.500. The highest BCUT2D eigenvalue weighted by Crippen LogP contribution is 2.23. The fourth-order valence-electron chi connectivity index (χ4n) is 1.19. The maximum absolute atomic E-state index is 5.59. The standard InChI is InChI=1S/C8H14N2/c1-6(9)7-2-4-8(10)5-3-7/h4,7H,1-3,5,9-10H2. The zero-order valence-corrected chi connectivity index (χ0v) is 6.14. The Balaban J connectivity index is 2.50. The van der Waals surface area contributed by atoms with Crippen LogP contribution >= 0.6 is 0 Å². The zero-order chi connectivity index (χ0) is 7.56. The van der Waals surface area contributed by atoms with Crippen molar-refractivity contribution in [1.29, 1.82) is 0 Å². The molecule has 0 saturated carbocycles. The van der Waals surface area contributed by atoms with E-state index in [2.05, 4.69) is 6.58 Å². The van der Waals surface area contributed by atoms with Gasteiger partial charge in [-0.05, 0) is 19.3 Å². The summed E-state index contributed by atoms with van der Waals surface area (Å²) in [5.41, 5.74) is 12.9. The second-order valence-corrected chi connectivity index (χ2v) is 2.83. The Kier molecular flexibility index (Phi) is 2.00. The summed E-state index contributed by atoms with van der Waals surface area (Å²) in [6.07, 6.45) is 5.06. The molecule has 0 spiro atoms.